The molecule has 2 aromatic rings. The molecule has 0 spiro atoms. The Labute approximate surface area is 129 Å². The molecule has 1 aliphatic carbocycles. The van der Waals surface area contributed by atoms with Crippen LogP contribution in [0.5, 0.6) is 0 Å². The number of hydrogen-bond acceptors (Lipinski definition) is 3. The van der Waals surface area contributed by atoms with Gasteiger partial charge in [-0.1, -0.05) is 48.6 Å². The Morgan fingerprint density at radius 1 is 1.14 bits per heavy atom. The van der Waals surface area contributed by atoms with E-state index in [1.165, 1.54) is 5.56 Å². The van der Waals surface area contributed by atoms with Gasteiger partial charge in [0, 0.05) is 11.6 Å². The molecule has 0 amide bonds. The highest BCUT2D eigenvalue weighted by molar-refractivity contribution is 5.87. The van der Waals surface area contributed by atoms with E-state index in [9.17, 15) is 9.90 Å². The third-order valence-corrected chi connectivity index (χ3v) is 4.76. The van der Waals surface area contributed by atoms with Crippen LogP contribution in [0.1, 0.15) is 39.9 Å². The first-order valence-corrected chi connectivity index (χ1v) is 7.57. The van der Waals surface area contributed by atoms with Crippen molar-refractivity contribution < 1.29 is 9.90 Å². The summed E-state index contributed by atoms with van der Waals surface area (Å²) in [6.45, 7) is 0. The van der Waals surface area contributed by atoms with Crippen molar-refractivity contribution in [2.75, 3.05) is 5.32 Å². The van der Waals surface area contributed by atoms with Crippen molar-refractivity contribution in [3.8, 4) is 0 Å². The van der Waals surface area contributed by atoms with Crippen LogP contribution < -0.4 is 10.4 Å². The Morgan fingerprint density at radius 3 is 2.73 bits per heavy atom. The lowest BCUT2D eigenvalue weighted by atomic mass is 9.76. The first kappa shape index (κ1) is 13.1. The molecule has 0 radical (unpaired) electrons. The Bertz CT molecular complexity index is 751. The van der Waals surface area contributed by atoms with Gasteiger partial charge in [0.05, 0.1) is 12.0 Å². The van der Waals surface area contributed by atoms with E-state index >= 15 is 0 Å². The van der Waals surface area contributed by atoms with Gasteiger partial charge in [0.2, 0.25) is 0 Å². The van der Waals surface area contributed by atoms with Crippen LogP contribution >= 0.6 is 0 Å². The van der Waals surface area contributed by atoms with E-state index in [0.29, 0.717) is 5.92 Å². The van der Waals surface area contributed by atoms with Crippen LogP contribution in [0, 0.1) is 5.92 Å². The average molecular weight is 290 g/mol. The van der Waals surface area contributed by atoms with E-state index in [2.05, 4.69) is 41.7 Å². The van der Waals surface area contributed by atoms with Crippen LogP contribution in [0.4, 0.5) is 5.69 Å². The van der Waals surface area contributed by atoms with Crippen LogP contribution in [0.3, 0.4) is 0 Å². The topological polar surface area (TPSA) is 52.2 Å². The standard InChI is InChI=1S/C19H17NO2/c21-19(22)13-9-10-17-16(11-13)14-7-4-8-15(14)18(20-17)12-5-2-1-3-6-12/h1-7,9-11,14-15,18,20H,8H2,(H,21,22)/p-1/t14-,15+,18-/m0/s1. The highest BCUT2D eigenvalue weighted by atomic mass is 16.4. The second-order valence-corrected chi connectivity index (χ2v) is 5.98. The van der Waals surface area contributed by atoms with Gasteiger partial charge < -0.3 is 15.2 Å². The molecule has 2 aromatic carbocycles. The predicted molar refractivity (Wildman–Crippen MR) is 83.6 cm³/mol. The van der Waals surface area contributed by atoms with Gasteiger partial charge in [0.25, 0.3) is 0 Å². The quantitative estimate of drug-likeness (QED) is 0.865. The third-order valence-electron chi connectivity index (χ3n) is 4.76. The Kier molecular flexibility index (Phi) is 3.00. The minimum atomic E-state index is -1.12. The molecule has 2 aliphatic rings. The van der Waals surface area contributed by atoms with Gasteiger partial charge in [-0.2, -0.15) is 0 Å². The molecule has 0 saturated carbocycles. The Morgan fingerprint density at radius 2 is 1.95 bits per heavy atom. The molecular formula is C19H16NO2-. The molecule has 3 nitrogen and oxygen atoms in total. The van der Waals surface area contributed by atoms with Gasteiger partial charge in [-0.25, -0.2) is 0 Å². The molecule has 0 aromatic heterocycles. The highest BCUT2D eigenvalue weighted by Gasteiger charge is 2.37. The van der Waals surface area contributed by atoms with Gasteiger partial charge in [-0.15, -0.1) is 0 Å². The van der Waals surface area contributed by atoms with Crippen molar-refractivity contribution in [1.29, 1.82) is 0 Å². The van der Waals surface area contributed by atoms with Crippen LogP contribution in [-0.2, 0) is 0 Å². The second kappa shape index (κ2) is 5.02. The van der Waals surface area contributed by atoms with Crippen molar-refractivity contribution in [3.05, 3.63) is 77.4 Å². The summed E-state index contributed by atoms with van der Waals surface area (Å²) in [5, 5.41) is 14.7. The minimum Gasteiger partial charge on any atom is -0.545 e. The fourth-order valence-corrected chi connectivity index (χ4v) is 3.71. The molecule has 110 valence electrons. The molecule has 0 fully saturated rings. The van der Waals surface area contributed by atoms with Crippen LogP contribution in [-0.4, -0.2) is 5.97 Å². The maximum absolute atomic E-state index is 11.1. The molecule has 3 heteroatoms. The molecule has 4 rings (SSSR count). The maximum Gasteiger partial charge on any atom is 0.0715 e. The van der Waals surface area contributed by atoms with Gasteiger partial charge in [-0.05, 0) is 41.2 Å². The molecule has 1 heterocycles. The number of rotatable bonds is 2. The van der Waals surface area contributed by atoms with E-state index in [0.717, 1.165) is 17.7 Å². The van der Waals surface area contributed by atoms with Crippen LogP contribution in [0.2, 0.25) is 0 Å². The number of allylic oxidation sites excluding steroid dienone is 2. The van der Waals surface area contributed by atoms with Gasteiger partial charge in [-0.3, -0.25) is 0 Å². The van der Waals surface area contributed by atoms with E-state index in [1.54, 1.807) is 12.1 Å². The lowest BCUT2D eigenvalue weighted by molar-refractivity contribution is -0.255. The van der Waals surface area contributed by atoms with E-state index in [-0.39, 0.29) is 17.5 Å². The lowest BCUT2D eigenvalue weighted by Crippen LogP contribution is -2.30. The van der Waals surface area contributed by atoms with E-state index in [1.807, 2.05) is 12.1 Å². The van der Waals surface area contributed by atoms with Gasteiger partial charge in [0.15, 0.2) is 0 Å². The number of anilines is 1. The normalized spacial score (nSPS) is 25.2. The number of hydrogen-bond donors (Lipinski definition) is 1. The molecule has 3 atom stereocenters. The highest BCUT2D eigenvalue weighted by Crippen LogP contribution is 2.49. The van der Waals surface area contributed by atoms with Gasteiger partial charge >= 0.3 is 0 Å². The molecule has 22 heavy (non-hydrogen) atoms. The number of carboxylic acid groups (broad SMARTS) is 1. The largest absolute Gasteiger partial charge is 0.545 e. The average Bonchev–Trinajstić information content (AvgIpc) is 3.04. The van der Waals surface area contributed by atoms with Crippen LogP contribution in [0.25, 0.3) is 0 Å². The summed E-state index contributed by atoms with van der Waals surface area (Å²) in [4.78, 5) is 11.1. The molecule has 0 bridgehead atoms. The smallest absolute Gasteiger partial charge is 0.0715 e. The second-order valence-electron chi connectivity index (χ2n) is 5.98. The number of carboxylic acids is 1. The summed E-state index contributed by atoms with van der Waals surface area (Å²) in [6, 6.07) is 15.9. The third kappa shape index (κ3) is 2.01. The van der Waals surface area contributed by atoms with Crippen LogP contribution in [0.15, 0.2) is 60.7 Å². The fourth-order valence-electron chi connectivity index (χ4n) is 3.71. The number of fused-ring (bicyclic) bond motifs is 3. The summed E-state index contributed by atoms with van der Waals surface area (Å²) in [5.41, 5.74) is 3.60. The van der Waals surface area contributed by atoms with Crippen molar-refractivity contribution in [2.24, 2.45) is 5.92 Å². The lowest BCUT2D eigenvalue weighted by Gasteiger charge is -2.37. The van der Waals surface area contributed by atoms with Crippen molar-refractivity contribution >= 4 is 11.7 Å². The molecule has 1 N–H and O–H groups in total. The van der Waals surface area contributed by atoms with Crippen molar-refractivity contribution in [2.45, 2.75) is 18.4 Å². The molecular weight excluding hydrogens is 274 g/mol. The zero-order valence-electron chi connectivity index (χ0n) is 12.0. The maximum atomic E-state index is 11.1. The SMILES string of the molecule is O=C([O-])c1ccc2c(c1)[C@H]1C=CC[C@H]1[C@H](c1ccccc1)N2. The monoisotopic (exact) mass is 290 g/mol. The molecule has 0 saturated heterocycles. The van der Waals surface area contributed by atoms with Crippen molar-refractivity contribution in [1.82, 2.24) is 0 Å². The summed E-state index contributed by atoms with van der Waals surface area (Å²) in [6.07, 6.45) is 5.42. The van der Waals surface area contributed by atoms with E-state index < -0.39 is 5.97 Å². The summed E-state index contributed by atoms with van der Waals surface area (Å²) < 4.78 is 0. The van der Waals surface area contributed by atoms with Gasteiger partial charge in [0.1, 0.15) is 0 Å². The Balaban J connectivity index is 1.79. The van der Waals surface area contributed by atoms with E-state index in [4.69, 9.17) is 0 Å². The number of aromatic carboxylic acids is 1. The summed E-state index contributed by atoms with van der Waals surface area (Å²) in [7, 11) is 0. The van der Waals surface area contributed by atoms with Crippen molar-refractivity contribution in [3.63, 3.8) is 0 Å². The zero-order valence-corrected chi connectivity index (χ0v) is 12.0. The fraction of sp³-hybridized carbons (Fsp3) is 0.211. The predicted octanol–water partition coefficient (Wildman–Crippen LogP) is 2.88. The molecule has 1 aliphatic heterocycles. The number of benzene rings is 2. The molecule has 0 unspecified atom stereocenters. The summed E-state index contributed by atoms with van der Waals surface area (Å²) in [5.74, 6) is -0.431. The Hall–Kier alpha value is -2.55. The number of carbonyl (C=O) groups excluding carboxylic acids is 1. The summed E-state index contributed by atoms with van der Waals surface area (Å²) >= 11 is 0. The zero-order chi connectivity index (χ0) is 15.1. The minimum absolute atomic E-state index is 0.248. The number of carbonyl (C=O) groups is 1. The number of nitrogens with one attached hydrogen (secondary N) is 1. The first-order valence-electron chi connectivity index (χ1n) is 7.57. The first-order chi connectivity index (χ1) is 10.7.